The number of carbonyl (C=O) groups is 1. The Bertz CT molecular complexity index is 651. The lowest BCUT2D eigenvalue weighted by atomic mass is 9.89. The normalized spacial score (nSPS) is 21.9. The van der Waals surface area contributed by atoms with Crippen molar-refractivity contribution in [2.75, 3.05) is 14.1 Å². The van der Waals surface area contributed by atoms with Crippen LogP contribution in [0.5, 0.6) is 0 Å². The maximum absolute atomic E-state index is 12.7. The summed E-state index contributed by atoms with van der Waals surface area (Å²) in [6, 6.07) is 9.14. The predicted molar refractivity (Wildman–Crippen MR) is 93.4 cm³/mol. The minimum absolute atomic E-state index is 0.228. The van der Waals surface area contributed by atoms with Crippen LogP contribution in [0.4, 0.5) is 0 Å². The van der Waals surface area contributed by atoms with Crippen LogP contribution in [-0.4, -0.2) is 37.0 Å². The average molecular weight is 316 g/mol. The van der Waals surface area contributed by atoms with E-state index in [0.717, 1.165) is 12.0 Å². The van der Waals surface area contributed by atoms with E-state index < -0.39 is 0 Å². The highest BCUT2D eigenvalue weighted by Gasteiger charge is 2.29. The molecule has 1 aromatic carbocycles. The number of hydrogen-bond donors (Lipinski definition) is 1. The minimum Gasteiger partial charge on any atom is -0.341 e. The largest absolute Gasteiger partial charge is 0.341 e. The topological polar surface area (TPSA) is 32.3 Å². The van der Waals surface area contributed by atoms with Crippen molar-refractivity contribution in [3.8, 4) is 0 Å². The highest BCUT2D eigenvalue weighted by molar-refractivity contribution is 7.17. The van der Waals surface area contributed by atoms with Gasteiger partial charge in [-0.05, 0) is 48.4 Å². The molecule has 1 heterocycles. The Morgan fingerprint density at radius 3 is 2.95 bits per heavy atom. The van der Waals surface area contributed by atoms with Gasteiger partial charge in [0.1, 0.15) is 0 Å². The highest BCUT2D eigenvalue weighted by Crippen LogP contribution is 2.26. The molecule has 4 heteroatoms. The molecule has 22 heavy (non-hydrogen) atoms. The fourth-order valence-electron chi connectivity index (χ4n) is 3.60. The lowest BCUT2D eigenvalue weighted by molar-refractivity contribution is -0.132. The van der Waals surface area contributed by atoms with E-state index in [1.165, 1.54) is 29.3 Å². The van der Waals surface area contributed by atoms with Crippen LogP contribution in [0.2, 0.25) is 0 Å². The number of nitrogens with zero attached hydrogens (tertiary/aromatic N) is 1. The van der Waals surface area contributed by atoms with E-state index in [4.69, 9.17) is 0 Å². The van der Waals surface area contributed by atoms with E-state index in [0.29, 0.717) is 18.5 Å². The van der Waals surface area contributed by atoms with Crippen LogP contribution < -0.4 is 5.32 Å². The Hall–Kier alpha value is -1.39. The lowest BCUT2D eigenvalue weighted by Gasteiger charge is -2.38. The number of carbonyl (C=O) groups excluding carboxylic acids is 1. The first-order chi connectivity index (χ1) is 10.7. The van der Waals surface area contributed by atoms with Crippen LogP contribution in [0.15, 0.2) is 29.6 Å². The second-order valence-corrected chi connectivity index (χ2v) is 7.13. The molecule has 3 rings (SSSR count). The van der Waals surface area contributed by atoms with Crippen molar-refractivity contribution in [1.82, 2.24) is 10.2 Å². The van der Waals surface area contributed by atoms with E-state index in [-0.39, 0.29) is 5.91 Å². The molecule has 2 aromatic rings. The average Bonchev–Trinajstić information content (AvgIpc) is 3.03. The molecule has 0 spiro atoms. The zero-order valence-corrected chi connectivity index (χ0v) is 14.2. The number of thiophene rings is 1. The van der Waals surface area contributed by atoms with Gasteiger partial charge in [-0.25, -0.2) is 0 Å². The second kappa shape index (κ2) is 6.80. The van der Waals surface area contributed by atoms with Crippen molar-refractivity contribution in [1.29, 1.82) is 0 Å². The lowest BCUT2D eigenvalue weighted by Crippen LogP contribution is -2.51. The summed E-state index contributed by atoms with van der Waals surface area (Å²) >= 11 is 1.73. The fraction of sp³-hybridized carbons (Fsp3) is 0.500. The number of amides is 1. The first kappa shape index (κ1) is 15.5. The second-order valence-electron chi connectivity index (χ2n) is 6.18. The number of hydrogen-bond acceptors (Lipinski definition) is 3. The minimum atomic E-state index is 0.228. The maximum Gasteiger partial charge on any atom is 0.227 e. The van der Waals surface area contributed by atoms with Crippen molar-refractivity contribution in [3.05, 3.63) is 35.2 Å². The van der Waals surface area contributed by atoms with Gasteiger partial charge in [0, 0.05) is 23.8 Å². The van der Waals surface area contributed by atoms with Crippen LogP contribution in [0.1, 0.15) is 31.2 Å². The van der Waals surface area contributed by atoms with E-state index in [1.54, 1.807) is 11.3 Å². The molecule has 1 aliphatic rings. The molecule has 1 amide bonds. The van der Waals surface area contributed by atoms with E-state index in [2.05, 4.69) is 35.0 Å². The highest BCUT2D eigenvalue weighted by atomic mass is 32.1. The Morgan fingerprint density at radius 1 is 1.32 bits per heavy atom. The fourth-order valence-corrected chi connectivity index (χ4v) is 4.43. The van der Waals surface area contributed by atoms with Crippen LogP contribution in [-0.2, 0) is 11.2 Å². The third-order valence-electron chi connectivity index (χ3n) is 4.92. The molecule has 118 valence electrons. The molecule has 0 radical (unpaired) electrons. The van der Waals surface area contributed by atoms with Gasteiger partial charge in [0.25, 0.3) is 0 Å². The number of benzene rings is 1. The van der Waals surface area contributed by atoms with Crippen molar-refractivity contribution >= 4 is 27.3 Å². The summed E-state index contributed by atoms with van der Waals surface area (Å²) in [7, 11) is 3.98. The van der Waals surface area contributed by atoms with Crippen LogP contribution >= 0.6 is 11.3 Å². The van der Waals surface area contributed by atoms with Gasteiger partial charge < -0.3 is 10.2 Å². The molecular formula is C18H24N2OS. The van der Waals surface area contributed by atoms with Gasteiger partial charge in [-0.15, -0.1) is 11.3 Å². The summed E-state index contributed by atoms with van der Waals surface area (Å²) in [6.45, 7) is 0. The zero-order valence-electron chi connectivity index (χ0n) is 13.3. The van der Waals surface area contributed by atoms with Crippen LogP contribution in [0.3, 0.4) is 0 Å². The Morgan fingerprint density at radius 2 is 2.14 bits per heavy atom. The molecule has 3 nitrogen and oxygen atoms in total. The molecule has 1 N–H and O–H groups in total. The third kappa shape index (κ3) is 3.03. The molecule has 1 fully saturated rings. The Kier molecular flexibility index (Phi) is 4.79. The van der Waals surface area contributed by atoms with Crippen LogP contribution in [0, 0.1) is 0 Å². The predicted octanol–water partition coefficient (Wildman–Crippen LogP) is 3.43. The Balaban J connectivity index is 1.74. The molecule has 0 saturated heterocycles. The molecule has 1 saturated carbocycles. The SMILES string of the molecule is CN[C@@H]1CCCC[C@H]1N(C)C(=O)Cc1cccc2sccc12. The first-order valence-electron chi connectivity index (χ1n) is 8.08. The summed E-state index contributed by atoms with van der Waals surface area (Å²) in [5.41, 5.74) is 1.15. The van der Waals surface area contributed by atoms with E-state index in [9.17, 15) is 4.79 Å². The summed E-state index contributed by atoms with van der Waals surface area (Å²) in [6.07, 6.45) is 5.26. The van der Waals surface area contributed by atoms with Crippen molar-refractivity contribution in [3.63, 3.8) is 0 Å². The van der Waals surface area contributed by atoms with Gasteiger partial charge in [0.05, 0.1) is 6.42 Å². The Labute approximate surface area is 136 Å². The van der Waals surface area contributed by atoms with Gasteiger partial charge in [0.2, 0.25) is 5.91 Å². The number of nitrogens with one attached hydrogen (secondary N) is 1. The smallest absolute Gasteiger partial charge is 0.227 e. The zero-order chi connectivity index (χ0) is 15.5. The van der Waals surface area contributed by atoms with E-state index in [1.807, 2.05) is 19.0 Å². The molecule has 0 bridgehead atoms. The third-order valence-corrected chi connectivity index (χ3v) is 5.80. The number of fused-ring (bicyclic) bond motifs is 1. The van der Waals surface area contributed by atoms with Gasteiger partial charge in [0.15, 0.2) is 0 Å². The first-order valence-corrected chi connectivity index (χ1v) is 8.96. The molecular weight excluding hydrogens is 292 g/mol. The molecule has 2 atom stereocenters. The summed E-state index contributed by atoms with van der Waals surface area (Å²) in [5.74, 6) is 0.228. The summed E-state index contributed by atoms with van der Waals surface area (Å²) in [4.78, 5) is 14.7. The van der Waals surface area contributed by atoms with Crippen molar-refractivity contribution in [2.45, 2.75) is 44.2 Å². The van der Waals surface area contributed by atoms with Crippen molar-refractivity contribution in [2.24, 2.45) is 0 Å². The molecule has 0 unspecified atom stereocenters. The maximum atomic E-state index is 12.7. The van der Waals surface area contributed by atoms with Gasteiger partial charge in [-0.2, -0.15) is 0 Å². The monoisotopic (exact) mass is 316 g/mol. The van der Waals surface area contributed by atoms with Gasteiger partial charge >= 0.3 is 0 Å². The molecule has 0 aliphatic heterocycles. The quantitative estimate of drug-likeness (QED) is 0.937. The van der Waals surface area contributed by atoms with Crippen LogP contribution in [0.25, 0.3) is 10.1 Å². The van der Waals surface area contributed by atoms with Crippen molar-refractivity contribution < 1.29 is 4.79 Å². The van der Waals surface area contributed by atoms with Gasteiger partial charge in [-0.3, -0.25) is 4.79 Å². The van der Waals surface area contributed by atoms with Gasteiger partial charge in [-0.1, -0.05) is 25.0 Å². The standard InChI is InChI=1S/C18H24N2OS/c1-19-15-7-3-4-8-16(15)20(2)18(21)12-13-6-5-9-17-14(13)10-11-22-17/h5-6,9-11,15-16,19H,3-4,7-8,12H2,1-2H3/t15-,16-/m1/s1. The number of rotatable bonds is 4. The molecule has 1 aliphatic carbocycles. The van der Waals surface area contributed by atoms with E-state index >= 15 is 0 Å². The summed E-state index contributed by atoms with van der Waals surface area (Å²) < 4.78 is 1.26. The summed E-state index contributed by atoms with van der Waals surface area (Å²) in [5, 5.41) is 6.71. The number of likely N-dealkylation sites (N-methyl/N-ethyl adjacent to an activating group) is 2. The molecule has 1 aromatic heterocycles.